The van der Waals surface area contributed by atoms with Crippen LogP contribution in [0.1, 0.15) is 50.5 Å². The number of amides is 1. The van der Waals surface area contributed by atoms with Crippen LogP contribution in [-0.4, -0.2) is 35.6 Å². The van der Waals surface area contributed by atoms with Crippen LogP contribution in [0.2, 0.25) is 0 Å². The second kappa shape index (κ2) is 6.63. The second-order valence-corrected chi connectivity index (χ2v) is 7.78. The first-order valence-electron chi connectivity index (χ1n) is 8.22. The van der Waals surface area contributed by atoms with Crippen LogP contribution in [0.3, 0.4) is 0 Å². The van der Waals surface area contributed by atoms with E-state index < -0.39 is 52.7 Å². The molecular formula is C19H22FNO5. The zero-order valence-corrected chi connectivity index (χ0v) is 15.4. The molecule has 1 aromatic carbocycles. The fourth-order valence-corrected chi connectivity index (χ4v) is 2.91. The SMILES string of the molecule is CC(C)(C)OC(=O)CNC(=O)C1C(=O)c2cc(F)ccc2C(C)(C)C1=O. The highest BCUT2D eigenvalue weighted by Gasteiger charge is 2.49. The Kier molecular flexibility index (Phi) is 5.03. The number of rotatable bonds is 3. The summed E-state index contributed by atoms with van der Waals surface area (Å²) in [6.07, 6.45) is 0. The number of ketones is 2. The Labute approximate surface area is 151 Å². The van der Waals surface area contributed by atoms with Crippen molar-refractivity contribution in [3.63, 3.8) is 0 Å². The van der Waals surface area contributed by atoms with E-state index in [2.05, 4.69) is 5.32 Å². The van der Waals surface area contributed by atoms with Gasteiger partial charge in [0.15, 0.2) is 17.5 Å². The van der Waals surface area contributed by atoms with E-state index in [-0.39, 0.29) is 5.56 Å². The van der Waals surface area contributed by atoms with Gasteiger partial charge in [-0.05, 0) is 52.3 Å². The molecule has 1 aliphatic carbocycles. The Hall–Kier alpha value is -2.57. The summed E-state index contributed by atoms with van der Waals surface area (Å²) in [6, 6.07) is 3.58. The standard InChI is InChI=1S/C19H22FNO5/c1-18(2,3)26-13(22)9-21-17(25)14-15(23)11-8-10(20)6-7-12(11)19(4,5)16(14)24/h6-8,14H,9H2,1-5H3,(H,21,25). The second-order valence-electron chi connectivity index (χ2n) is 7.78. The fraction of sp³-hybridized carbons (Fsp3) is 0.474. The largest absolute Gasteiger partial charge is 0.459 e. The highest BCUT2D eigenvalue weighted by Crippen LogP contribution is 2.37. The van der Waals surface area contributed by atoms with Crippen LogP contribution in [0.5, 0.6) is 0 Å². The first kappa shape index (κ1) is 19.8. The lowest BCUT2D eigenvalue weighted by molar-refractivity contribution is -0.155. The predicted molar refractivity (Wildman–Crippen MR) is 91.1 cm³/mol. The van der Waals surface area contributed by atoms with Gasteiger partial charge >= 0.3 is 5.97 Å². The normalized spacial score (nSPS) is 18.9. The predicted octanol–water partition coefficient (Wildman–Crippen LogP) is 1.94. The molecule has 1 N–H and O–H groups in total. The molecule has 0 saturated carbocycles. The first-order valence-corrected chi connectivity index (χ1v) is 8.22. The van der Waals surface area contributed by atoms with Gasteiger partial charge in [-0.15, -0.1) is 0 Å². The molecule has 0 bridgehead atoms. The van der Waals surface area contributed by atoms with Crippen molar-refractivity contribution < 1.29 is 28.3 Å². The third-order valence-electron chi connectivity index (χ3n) is 4.15. The van der Waals surface area contributed by atoms with Crippen LogP contribution < -0.4 is 5.32 Å². The Balaban J connectivity index is 2.24. The zero-order valence-electron chi connectivity index (χ0n) is 15.4. The van der Waals surface area contributed by atoms with Gasteiger partial charge in [-0.25, -0.2) is 4.39 Å². The molecule has 0 aromatic heterocycles. The van der Waals surface area contributed by atoms with Crippen LogP contribution in [0, 0.1) is 11.7 Å². The molecule has 2 rings (SSSR count). The number of Topliss-reactive ketones (excluding diaryl/α,β-unsaturated/α-hetero) is 2. The van der Waals surface area contributed by atoms with Gasteiger partial charge in [-0.2, -0.15) is 0 Å². The molecule has 0 fully saturated rings. The van der Waals surface area contributed by atoms with Crippen molar-refractivity contribution in [1.29, 1.82) is 0 Å². The smallest absolute Gasteiger partial charge is 0.325 e. The Bertz CT molecular complexity index is 792. The van der Waals surface area contributed by atoms with E-state index in [1.54, 1.807) is 34.6 Å². The van der Waals surface area contributed by atoms with E-state index in [4.69, 9.17) is 4.74 Å². The maximum Gasteiger partial charge on any atom is 0.325 e. The lowest BCUT2D eigenvalue weighted by Gasteiger charge is -2.34. The van der Waals surface area contributed by atoms with Crippen molar-refractivity contribution in [3.8, 4) is 0 Å². The molecule has 0 heterocycles. The van der Waals surface area contributed by atoms with Crippen molar-refractivity contribution in [3.05, 3.63) is 35.1 Å². The number of benzene rings is 1. The van der Waals surface area contributed by atoms with Crippen LogP contribution in [0.25, 0.3) is 0 Å². The first-order chi connectivity index (χ1) is 11.8. The summed E-state index contributed by atoms with van der Waals surface area (Å²) in [5.41, 5.74) is -1.47. The Morgan fingerprint density at radius 2 is 1.85 bits per heavy atom. The number of carbonyl (C=O) groups is 4. The highest BCUT2D eigenvalue weighted by molar-refractivity contribution is 6.28. The molecule has 140 valence electrons. The summed E-state index contributed by atoms with van der Waals surface area (Å²) in [4.78, 5) is 49.5. The molecule has 1 atom stereocenters. The summed E-state index contributed by atoms with van der Waals surface area (Å²) in [5.74, 6) is -5.20. The lowest BCUT2D eigenvalue weighted by Crippen LogP contribution is -2.51. The third-order valence-corrected chi connectivity index (χ3v) is 4.15. The third kappa shape index (κ3) is 3.81. The molecule has 1 amide bonds. The number of hydrogen-bond acceptors (Lipinski definition) is 5. The Morgan fingerprint density at radius 3 is 2.42 bits per heavy atom. The minimum atomic E-state index is -1.62. The molecule has 0 spiro atoms. The number of ether oxygens (including phenoxy) is 1. The van der Waals surface area contributed by atoms with Crippen molar-refractivity contribution in [1.82, 2.24) is 5.32 Å². The van der Waals surface area contributed by atoms with Crippen molar-refractivity contribution >= 4 is 23.4 Å². The zero-order chi connectivity index (χ0) is 19.9. The number of nitrogens with one attached hydrogen (secondary N) is 1. The van der Waals surface area contributed by atoms with E-state index in [0.717, 1.165) is 6.07 Å². The molecule has 6 nitrogen and oxygen atoms in total. The van der Waals surface area contributed by atoms with Gasteiger partial charge in [-0.1, -0.05) is 6.07 Å². The summed E-state index contributed by atoms with van der Waals surface area (Å²) < 4.78 is 18.6. The number of hydrogen-bond donors (Lipinski definition) is 1. The van der Waals surface area contributed by atoms with Crippen molar-refractivity contribution in [2.45, 2.75) is 45.6 Å². The molecule has 0 radical (unpaired) electrons. The fourth-order valence-electron chi connectivity index (χ4n) is 2.91. The monoisotopic (exact) mass is 363 g/mol. The molecule has 0 saturated heterocycles. The van der Waals surface area contributed by atoms with Gasteiger partial charge in [0.25, 0.3) is 0 Å². The summed E-state index contributed by atoms with van der Waals surface area (Å²) in [6.45, 7) is 7.71. The lowest BCUT2D eigenvalue weighted by atomic mass is 9.66. The van der Waals surface area contributed by atoms with Gasteiger partial charge in [0.1, 0.15) is 18.0 Å². The molecular weight excluding hydrogens is 341 g/mol. The quantitative estimate of drug-likeness (QED) is 0.655. The summed E-state index contributed by atoms with van der Waals surface area (Å²) in [7, 11) is 0. The molecule has 1 aliphatic rings. The van der Waals surface area contributed by atoms with Crippen molar-refractivity contribution in [2.75, 3.05) is 6.54 Å². The van der Waals surface area contributed by atoms with E-state index in [1.165, 1.54) is 12.1 Å². The average Bonchev–Trinajstić information content (AvgIpc) is 2.49. The number of halogens is 1. The van der Waals surface area contributed by atoms with E-state index in [9.17, 15) is 23.6 Å². The summed E-state index contributed by atoms with van der Waals surface area (Å²) >= 11 is 0. The van der Waals surface area contributed by atoms with Gasteiger partial charge in [0.2, 0.25) is 5.91 Å². The van der Waals surface area contributed by atoms with Gasteiger partial charge in [0, 0.05) is 5.56 Å². The molecule has 1 aromatic rings. The molecule has 26 heavy (non-hydrogen) atoms. The van der Waals surface area contributed by atoms with Gasteiger partial charge < -0.3 is 10.1 Å². The van der Waals surface area contributed by atoms with E-state index in [0.29, 0.717) is 5.56 Å². The van der Waals surface area contributed by atoms with E-state index in [1.807, 2.05) is 0 Å². The maximum atomic E-state index is 13.6. The number of carbonyl (C=O) groups excluding carboxylic acids is 4. The minimum Gasteiger partial charge on any atom is -0.459 e. The van der Waals surface area contributed by atoms with Crippen molar-refractivity contribution in [2.24, 2.45) is 5.92 Å². The number of esters is 1. The van der Waals surface area contributed by atoms with Crippen LogP contribution in [0.4, 0.5) is 4.39 Å². The topological polar surface area (TPSA) is 89.5 Å². The maximum absolute atomic E-state index is 13.6. The Morgan fingerprint density at radius 1 is 1.23 bits per heavy atom. The van der Waals surface area contributed by atoms with Gasteiger partial charge in [-0.3, -0.25) is 19.2 Å². The van der Waals surface area contributed by atoms with E-state index >= 15 is 0 Å². The van der Waals surface area contributed by atoms with Crippen LogP contribution in [0.15, 0.2) is 18.2 Å². The summed E-state index contributed by atoms with van der Waals surface area (Å²) in [5, 5.41) is 2.27. The number of fused-ring (bicyclic) bond motifs is 1. The van der Waals surface area contributed by atoms with Crippen LogP contribution in [-0.2, 0) is 24.5 Å². The molecule has 0 aliphatic heterocycles. The highest BCUT2D eigenvalue weighted by atomic mass is 19.1. The molecule has 7 heteroatoms. The van der Waals surface area contributed by atoms with Crippen LogP contribution >= 0.6 is 0 Å². The van der Waals surface area contributed by atoms with Gasteiger partial charge in [0.05, 0.1) is 5.41 Å². The average molecular weight is 363 g/mol. The minimum absolute atomic E-state index is 0.00650. The molecule has 1 unspecified atom stereocenters.